The maximum absolute atomic E-state index is 12.5. The predicted octanol–water partition coefficient (Wildman–Crippen LogP) is 4.03. The molecule has 3 nitrogen and oxygen atoms in total. The lowest BCUT2D eigenvalue weighted by atomic mass is 9.61. The van der Waals surface area contributed by atoms with Crippen molar-refractivity contribution in [2.75, 3.05) is 13.7 Å². The number of nitrogens with one attached hydrogen (secondary N) is 1. The number of hydrogen-bond donors (Lipinski definition) is 1. The Labute approximate surface area is 138 Å². The minimum Gasteiger partial charge on any atom is -0.497 e. The normalized spacial score (nSPS) is 34.9. The van der Waals surface area contributed by atoms with Gasteiger partial charge in [0.05, 0.1) is 7.11 Å². The first-order chi connectivity index (χ1) is 11.2. The van der Waals surface area contributed by atoms with Crippen LogP contribution in [0.1, 0.15) is 55.3 Å². The molecule has 1 aromatic carbocycles. The molecular weight excluding hydrogens is 286 g/mol. The number of rotatable bonds is 4. The lowest BCUT2D eigenvalue weighted by Crippen LogP contribution is -2.42. The molecule has 4 bridgehead atoms. The van der Waals surface area contributed by atoms with Crippen LogP contribution in [0.15, 0.2) is 24.3 Å². The molecule has 0 heterocycles. The lowest BCUT2D eigenvalue weighted by molar-refractivity contribution is 0.0614. The van der Waals surface area contributed by atoms with E-state index in [-0.39, 0.29) is 5.91 Å². The van der Waals surface area contributed by atoms with Crippen molar-refractivity contribution in [2.45, 2.75) is 44.9 Å². The molecule has 23 heavy (non-hydrogen) atoms. The fourth-order valence-corrected chi connectivity index (χ4v) is 5.64. The van der Waals surface area contributed by atoms with Gasteiger partial charge in [-0.3, -0.25) is 4.79 Å². The second-order valence-electron chi connectivity index (χ2n) is 8.16. The van der Waals surface area contributed by atoms with Crippen LogP contribution in [0.2, 0.25) is 0 Å². The molecule has 0 radical (unpaired) electrons. The number of methoxy groups -OCH3 is 1. The monoisotopic (exact) mass is 313 g/mol. The van der Waals surface area contributed by atoms with Crippen LogP contribution in [0.25, 0.3) is 0 Å². The molecule has 1 amide bonds. The highest BCUT2D eigenvalue weighted by atomic mass is 16.5. The summed E-state index contributed by atoms with van der Waals surface area (Å²) < 4.78 is 5.16. The van der Waals surface area contributed by atoms with Crippen LogP contribution in [0.4, 0.5) is 0 Å². The summed E-state index contributed by atoms with van der Waals surface area (Å²) in [4.78, 5) is 12.5. The second kappa shape index (κ2) is 5.85. The van der Waals surface area contributed by atoms with Crippen LogP contribution in [-0.4, -0.2) is 19.6 Å². The number of carbonyl (C=O) groups is 1. The standard InChI is InChI=1S/C20H27NO2/c1-23-18-4-2-17(3-5-18)19(22)21-13-20-7-6-14-8-15(11-20)10-16(9-14)12-20/h2-5,14-16H,6-13H2,1H3,(H,21,22)/t14?,15-,16-,20?/m0/s1. The Morgan fingerprint density at radius 1 is 1.13 bits per heavy atom. The molecule has 0 aliphatic heterocycles. The first kappa shape index (κ1) is 15.0. The fraction of sp³-hybridized carbons (Fsp3) is 0.650. The highest BCUT2D eigenvalue weighted by Crippen LogP contribution is 2.56. The zero-order valence-electron chi connectivity index (χ0n) is 14.0. The van der Waals surface area contributed by atoms with Gasteiger partial charge in [0.25, 0.3) is 5.91 Å². The molecule has 124 valence electrons. The van der Waals surface area contributed by atoms with Gasteiger partial charge >= 0.3 is 0 Å². The van der Waals surface area contributed by atoms with Gasteiger partial charge in [0.2, 0.25) is 0 Å². The average molecular weight is 313 g/mol. The molecule has 0 unspecified atom stereocenters. The van der Waals surface area contributed by atoms with Crippen molar-refractivity contribution in [3.8, 4) is 5.75 Å². The van der Waals surface area contributed by atoms with Crippen LogP contribution in [0.3, 0.4) is 0 Å². The Hall–Kier alpha value is -1.51. The van der Waals surface area contributed by atoms with Crippen molar-refractivity contribution in [3.05, 3.63) is 29.8 Å². The van der Waals surface area contributed by atoms with E-state index in [9.17, 15) is 4.79 Å². The molecule has 0 spiro atoms. The molecule has 4 aliphatic carbocycles. The Kier molecular flexibility index (Phi) is 3.82. The Bertz CT molecular complexity index is 566. The van der Waals surface area contributed by atoms with E-state index < -0.39 is 0 Å². The SMILES string of the molecule is COc1ccc(C(=O)NCC23CCC4C[C@@H](C[C@H](C4)C2)C3)cc1. The van der Waals surface area contributed by atoms with Crippen LogP contribution < -0.4 is 10.1 Å². The predicted molar refractivity (Wildman–Crippen MR) is 90.5 cm³/mol. The lowest BCUT2D eigenvalue weighted by Gasteiger charge is -2.45. The number of ether oxygens (including phenoxy) is 1. The largest absolute Gasteiger partial charge is 0.497 e. The quantitative estimate of drug-likeness (QED) is 0.911. The van der Waals surface area contributed by atoms with Gasteiger partial charge in [-0.1, -0.05) is 0 Å². The Morgan fingerprint density at radius 2 is 1.78 bits per heavy atom. The van der Waals surface area contributed by atoms with Gasteiger partial charge in [-0.25, -0.2) is 0 Å². The summed E-state index contributed by atoms with van der Waals surface area (Å²) in [5.74, 6) is 3.67. The van der Waals surface area contributed by atoms with Crippen LogP contribution in [0, 0.1) is 23.2 Å². The van der Waals surface area contributed by atoms with Crippen molar-refractivity contribution in [1.82, 2.24) is 5.32 Å². The molecule has 3 heteroatoms. The number of benzene rings is 1. The highest BCUT2D eigenvalue weighted by molar-refractivity contribution is 5.94. The summed E-state index contributed by atoms with van der Waals surface area (Å²) >= 11 is 0. The highest BCUT2D eigenvalue weighted by Gasteiger charge is 2.47. The van der Waals surface area contributed by atoms with E-state index in [2.05, 4.69) is 5.32 Å². The summed E-state index contributed by atoms with van der Waals surface area (Å²) in [6, 6.07) is 7.40. The van der Waals surface area contributed by atoms with Crippen molar-refractivity contribution in [2.24, 2.45) is 23.2 Å². The molecule has 1 N–H and O–H groups in total. The van der Waals surface area contributed by atoms with Gasteiger partial charge in [-0.2, -0.15) is 0 Å². The van der Waals surface area contributed by atoms with Crippen molar-refractivity contribution >= 4 is 5.91 Å². The number of fused-ring (bicyclic) bond motifs is 1. The molecule has 5 rings (SSSR count). The Balaban J connectivity index is 1.42. The van der Waals surface area contributed by atoms with Gasteiger partial charge in [-0.15, -0.1) is 0 Å². The third-order valence-electron chi connectivity index (χ3n) is 6.50. The number of hydrogen-bond acceptors (Lipinski definition) is 2. The Morgan fingerprint density at radius 3 is 2.43 bits per heavy atom. The third-order valence-corrected chi connectivity index (χ3v) is 6.50. The summed E-state index contributed by atoms with van der Waals surface area (Å²) in [5, 5.41) is 3.24. The molecular formula is C20H27NO2. The van der Waals surface area contributed by atoms with Crippen molar-refractivity contribution < 1.29 is 9.53 Å². The van der Waals surface area contributed by atoms with Crippen molar-refractivity contribution in [1.29, 1.82) is 0 Å². The molecule has 4 aliphatic rings. The second-order valence-corrected chi connectivity index (χ2v) is 8.16. The molecule has 2 atom stereocenters. The van der Waals surface area contributed by atoms with Gasteiger partial charge in [0.15, 0.2) is 0 Å². The zero-order chi connectivity index (χ0) is 15.9. The van der Waals surface area contributed by atoms with E-state index in [1.165, 1.54) is 44.9 Å². The summed E-state index contributed by atoms with van der Waals surface area (Å²) in [6.07, 6.45) is 9.71. The maximum atomic E-state index is 12.5. The summed E-state index contributed by atoms with van der Waals surface area (Å²) in [5.41, 5.74) is 1.11. The average Bonchev–Trinajstić information content (AvgIpc) is 2.77. The van der Waals surface area contributed by atoms with Crippen LogP contribution >= 0.6 is 0 Å². The van der Waals surface area contributed by atoms with E-state index in [4.69, 9.17) is 4.74 Å². The number of carbonyl (C=O) groups excluding carboxylic acids is 1. The minimum atomic E-state index is 0.0562. The van der Waals surface area contributed by atoms with Gasteiger partial charge in [0.1, 0.15) is 5.75 Å². The van der Waals surface area contributed by atoms with Gasteiger partial charge < -0.3 is 10.1 Å². The first-order valence-corrected chi connectivity index (χ1v) is 9.08. The maximum Gasteiger partial charge on any atom is 0.251 e. The summed E-state index contributed by atoms with van der Waals surface area (Å²) in [6.45, 7) is 0.859. The fourth-order valence-electron chi connectivity index (χ4n) is 5.64. The molecule has 1 aromatic rings. The van der Waals surface area contributed by atoms with Crippen LogP contribution in [-0.2, 0) is 0 Å². The van der Waals surface area contributed by atoms with E-state index >= 15 is 0 Å². The third kappa shape index (κ3) is 2.98. The smallest absolute Gasteiger partial charge is 0.251 e. The topological polar surface area (TPSA) is 38.3 Å². The minimum absolute atomic E-state index is 0.0562. The van der Waals surface area contributed by atoms with E-state index in [1.807, 2.05) is 24.3 Å². The molecule has 0 aromatic heterocycles. The van der Waals surface area contributed by atoms with Crippen LogP contribution in [0.5, 0.6) is 5.75 Å². The number of amides is 1. The first-order valence-electron chi connectivity index (χ1n) is 9.08. The zero-order valence-corrected chi connectivity index (χ0v) is 14.0. The van der Waals surface area contributed by atoms with Crippen molar-refractivity contribution in [3.63, 3.8) is 0 Å². The van der Waals surface area contributed by atoms with E-state index in [0.29, 0.717) is 5.41 Å². The van der Waals surface area contributed by atoms with E-state index in [0.717, 1.165) is 35.6 Å². The van der Waals surface area contributed by atoms with E-state index in [1.54, 1.807) is 7.11 Å². The summed E-state index contributed by atoms with van der Waals surface area (Å²) in [7, 11) is 1.64. The van der Waals surface area contributed by atoms with Gasteiger partial charge in [-0.05, 0) is 92.4 Å². The van der Waals surface area contributed by atoms with Gasteiger partial charge in [0, 0.05) is 12.1 Å². The molecule has 4 fully saturated rings. The molecule has 4 saturated carbocycles. The molecule has 0 saturated heterocycles.